The molecule has 0 aliphatic rings. The maximum atomic E-state index is 12.3. The highest BCUT2D eigenvalue weighted by Crippen LogP contribution is 2.22. The van der Waals surface area contributed by atoms with E-state index < -0.39 is 27.2 Å². The van der Waals surface area contributed by atoms with Gasteiger partial charge in [0.1, 0.15) is 4.90 Å². The monoisotopic (exact) mass is 289 g/mol. The zero-order valence-corrected chi connectivity index (χ0v) is 12.3. The predicted molar refractivity (Wildman–Crippen MR) is 69.6 cm³/mol. The van der Waals surface area contributed by atoms with Crippen LogP contribution in [0.5, 0.6) is 0 Å². The van der Waals surface area contributed by atoms with Gasteiger partial charge < -0.3 is 5.11 Å². The van der Waals surface area contributed by atoms with Crippen molar-refractivity contribution < 1.29 is 18.3 Å². The second-order valence-electron chi connectivity index (χ2n) is 4.70. The summed E-state index contributed by atoms with van der Waals surface area (Å²) in [6, 6.07) is 0. The van der Waals surface area contributed by atoms with Crippen LogP contribution in [-0.2, 0) is 10.0 Å². The van der Waals surface area contributed by atoms with E-state index in [4.69, 9.17) is 5.11 Å². The fraction of sp³-hybridized carbons (Fsp3) is 0.636. The Labute approximate surface area is 112 Å². The van der Waals surface area contributed by atoms with Gasteiger partial charge in [-0.05, 0) is 26.7 Å². The van der Waals surface area contributed by atoms with Gasteiger partial charge in [-0.3, -0.25) is 5.10 Å². The van der Waals surface area contributed by atoms with E-state index >= 15 is 0 Å². The number of carboxylic acids is 1. The van der Waals surface area contributed by atoms with Crippen molar-refractivity contribution >= 4 is 16.0 Å². The lowest BCUT2D eigenvalue weighted by molar-refractivity contribution is 0.0686. The molecule has 0 saturated carbocycles. The molecule has 0 fully saturated rings. The van der Waals surface area contributed by atoms with Crippen LogP contribution in [0.4, 0.5) is 0 Å². The molecule has 0 radical (unpaired) electrons. The normalized spacial score (nSPS) is 12.6. The molecule has 108 valence electrons. The maximum absolute atomic E-state index is 12.3. The number of rotatable bonds is 6. The van der Waals surface area contributed by atoms with Gasteiger partial charge in [0.25, 0.3) is 0 Å². The summed E-state index contributed by atoms with van der Waals surface area (Å²) in [5.41, 5.74) is -0.891. The summed E-state index contributed by atoms with van der Waals surface area (Å²) in [6.07, 6.45) is 1.20. The van der Waals surface area contributed by atoms with Gasteiger partial charge in [-0.2, -0.15) is 5.10 Å². The Morgan fingerprint density at radius 1 is 1.42 bits per heavy atom. The van der Waals surface area contributed by atoms with Crippen molar-refractivity contribution in [3.63, 3.8) is 0 Å². The molecular weight excluding hydrogens is 270 g/mol. The SMILES string of the molecule is CCC(C)(CC)NS(=O)(=O)c1c(C(=O)O)n[nH]c1C. The Hall–Kier alpha value is -1.41. The van der Waals surface area contributed by atoms with Gasteiger partial charge in [0.15, 0.2) is 5.69 Å². The van der Waals surface area contributed by atoms with E-state index in [9.17, 15) is 13.2 Å². The minimum absolute atomic E-state index is 0.208. The molecule has 0 aromatic carbocycles. The van der Waals surface area contributed by atoms with Gasteiger partial charge in [-0.1, -0.05) is 13.8 Å². The van der Waals surface area contributed by atoms with Crippen LogP contribution >= 0.6 is 0 Å². The molecular formula is C11H19N3O4S. The van der Waals surface area contributed by atoms with Gasteiger partial charge in [0.05, 0.1) is 5.69 Å². The van der Waals surface area contributed by atoms with Crippen molar-refractivity contribution in [3.8, 4) is 0 Å². The molecule has 0 amide bonds. The second kappa shape index (κ2) is 5.30. The van der Waals surface area contributed by atoms with Crippen LogP contribution in [0, 0.1) is 6.92 Å². The van der Waals surface area contributed by atoms with Crippen molar-refractivity contribution in [2.45, 2.75) is 51.0 Å². The van der Waals surface area contributed by atoms with Crippen molar-refractivity contribution in [1.29, 1.82) is 0 Å². The van der Waals surface area contributed by atoms with Crippen LogP contribution in [0.15, 0.2) is 4.90 Å². The minimum Gasteiger partial charge on any atom is -0.476 e. The number of nitrogens with one attached hydrogen (secondary N) is 2. The number of H-pyrrole nitrogens is 1. The minimum atomic E-state index is -3.93. The predicted octanol–water partition coefficient (Wildman–Crippen LogP) is 1.27. The molecule has 0 unspecified atom stereocenters. The standard InChI is InChI=1S/C11H19N3O4S/c1-5-11(4,6-2)14-19(17,18)9-7(3)12-13-8(9)10(15)16/h14H,5-6H2,1-4H3,(H,12,13)(H,15,16). The highest BCUT2D eigenvalue weighted by molar-refractivity contribution is 7.89. The third kappa shape index (κ3) is 3.13. The molecule has 0 aliphatic carbocycles. The lowest BCUT2D eigenvalue weighted by atomic mass is 9.98. The van der Waals surface area contributed by atoms with Crippen molar-refractivity contribution in [1.82, 2.24) is 14.9 Å². The van der Waals surface area contributed by atoms with E-state index in [0.717, 1.165) is 0 Å². The number of hydrogen-bond acceptors (Lipinski definition) is 4. The molecule has 0 aliphatic heterocycles. The lowest BCUT2D eigenvalue weighted by Crippen LogP contribution is -2.45. The summed E-state index contributed by atoms with van der Waals surface area (Å²) in [7, 11) is -3.93. The van der Waals surface area contributed by atoms with E-state index in [1.807, 2.05) is 13.8 Å². The van der Waals surface area contributed by atoms with E-state index in [2.05, 4.69) is 14.9 Å². The van der Waals surface area contributed by atoms with E-state index in [1.165, 1.54) is 6.92 Å². The first-order valence-electron chi connectivity index (χ1n) is 5.99. The average Bonchev–Trinajstić information content (AvgIpc) is 2.71. The Morgan fingerprint density at radius 2 is 1.95 bits per heavy atom. The highest BCUT2D eigenvalue weighted by atomic mass is 32.2. The number of nitrogens with zero attached hydrogens (tertiary/aromatic N) is 1. The fourth-order valence-corrected chi connectivity index (χ4v) is 3.54. The van der Waals surface area contributed by atoms with E-state index in [1.54, 1.807) is 6.92 Å². The maximum Gasteiger partial charge on any atom is 0.357 e. The Morgan fingerprint density at radius 3 is 2.37 bits per heavy atom. The summed E-state index contributed by atoms with van der Waals surface area (Å²) in [5.74, 6) is -1.38. The van der Waals surface area contributed by atoms with Gasteiger partial charge in [0.2, 0.25) is 10.0 Å². The molecule has 3 N–H and O–H groups in total. The fourth-order valence-electron chi connectivity index (χ4n) is 1.66. The van der Waals surface area contributed by atoms with E-state index in [0.29, 0.717) is 12.8 Å². The van der Waals surface area contributed by atoms with Crippen LogP contribution in [0.25, 0.3) is 0 Å². The summed E-state index contributed by atoms with van der Waals surface area (Å²) in [6.45, 7) is 6.99. The largest absolute Gasteiger partial charge is 0.476 e. The molecule has 0 atom stereocenters. The Bertz CT molecular complexity index is 573. The number of aryl methyl sites for hydroxylation is 1. The number of aromatic amines is 1. The number of carbonyl (C=O) groups is 1. The molecule has 1 heterocycles. The third-order valence-electron chi connectivity index (χ3n) is 3.30. The topological polar surface area (TPSA) is 112 Å². The lowest BCUT2D eigenvalue weighted by Gasteiger charge is -2.27. The summed E-state index contributed by atoms with van der Waals surface area (Å²) in [4.78, 5) is 10.7. The zero-order chi connectivity index (χ0) is 14.8. The highest BCUT2D eigenvalue weighted by Gasteiger charge is 2.33. The Kier molecular flexibility index (Phi) is 4.36. The second-order valence-corrected chi connectivity index (χ2v) is 6.32. The first-order valence-corrected chi connectivity index (χ1v) is 7.47. The summed E-state index contributed by atoms with van der Waals surface area (Å²) < 4.78 is 27.2. The summed E-state index contributed by atoms with van der Waals surface area (Å²) in [5, 5.41) is 14.9. The quantitative estimate of drug-likeness (QED) is 0.730. The Balaban J connectivity index is 3.29. The number of carboxylic acid groups (broad SMARTS) is 1. The molecule has 1 aromatic heterocycles. The molecule has 8 heteroatoms. The average molecular weight is 289 g/mol. The molecule has 0 saturated heterocycles. The number of sulfonamides is 1. The van der Waals surface area contributed by atoms with Crippen molar-refractivity contribution in [2.24, 2.45) is 0 Å². The molecule has 1 aromatic rings. The smallest absolute Gasteiger partial charge is 0.357 e. The van der Waals surface area contributed by atoms with Crippen molar-refractivity contribution in [2.75, 3.05) is 0 Å². The van der Waals surface area contributed by atoms with E-state index in [-0.39, 0.29) is 10.6 Å². The van der Waals surface area contributed by atoms with Crippen LogP contribution in [0.1, 0.15) is 49.8 Å². The van der Waals surface area contributed by atoms with Crippen LogP contribution < -0.4 is 4.72 Å². The zero-order valence-electron chi connectivity index (χ0n) is 11.4. The third-order valence-corrected chi connectivity index (χ3v) is 5.10. The van der Waals surface area contributed by atoms with Gasteiger partial charge >= 0.3 is 5.97 Å². The van der Waals surface area contributed by atoms with Gasteiger partial charge in [0, 0.05) is 5.54 Å². The van der Waals surface area contributed by atoms with Gasteiger partial charge in [-0.25, -0.2) is 17.9 Å². The van der Waals surface area contributed by atoms with Gasteiger partial charge in [-0.15, -0.1) is 0 Å². The molecule has 1 rings (SSSR count). The number of aromatic nitrogens is 2. The van der Waals surface area contributed by atoms with Crippen molar-refractivity contribution in [3.05, 3.63) is 11.4 Å². The first-order chi connectivity index (χ1) is 8.67. The van der Waals surface area contributed by atoms with Crippen LogP contribution in [0.3, 0.4) is 0 Å². The number of hydrogen-bond donors (Lipinski definition) is 3. The first kappa shape index (κ1) is 15.6. The molecule has 0 spiro atoms. The number of aromatic carboxylic acids is 1. The molecule has 7 nitrogen and oxygen atoms in total. The molecule has 0 bridgehead atoms. The molecule has 19 heavy (non-hydrogen) atoms. The van der Waals surface area contributed by atoms with Crippen LogP contribution in [-0.4, -0.2) is 35.2 Å². The summed E-state index contributed by atoms with van der Waals surface area (Å²) >= 11 is 0. The van der Waals surface area contributed by atoms with Crippen LogP contribution in [0.2, 0.25) is 0 Å².